The minimum Gasteiger partial charge on any atom is -0.341 e. The molecule has 1 spiro atoms. The van der Waals surface area contributed by atoms with Crippen LogP contribution < -0.4 is 5.32 Å². The number of piperazine rings is 1. The van der Waals surface area contributed by atoms with E-state index in [2.05, 4.69) is 56.9 Å². The molecule has 2 amide bonds. The number of piperidine rings is 1. The Morgan fingerprint density at radius 1 is 1.03 bits per heavy atom. The standard InChI is InChI=1S/C26H48N4O2/c1-19(2)17-22-24(31)30(16-13-27-22)23(18-20(3)4)25(32)29-14-11-26(12-15-29)9-7-21(8-10-26)28(5)6/h19-23,27H,7-18H2,1-6H3/t22-,23?/m0/s1. The Kier molecular flexibility index (Phi) is 8.65. The van der Waals surface area contributed by atoms with Crippen LogP contribution in [0.5, 0.6) is 0 Å². The van der Waals surface area contributed by atoms with E-state index < -0.39 is 0 Å². The summed E-state index contributed by atoms with van der Waals surface area (Å²) in [6.45, 7) is 11.8. The van der Waals surface area contributed by atoms with Crippen molar-refractivity contribution >= 4 is 11.8 Å². The Morgan fingerprint density at radius 2 is 1.66 bits per heavy atom. The fourth-order valence-corrected chi connectivity index (χ4v) is 6.17. The fourth-order valence-electron chi connectivity index (χ4n) is 6.17. The van der Waals surface area contributed by atoms with Crippen molar-refractivity contribution < 1.29 is 9.59 Å². The van der Waals surface area contributed by atoms with Gasteiger partial charge in [-0.1, -0.05) is 27.7 Å². The molecule has 6 heteroatoms. The van der Waals surface area contributed by atoms with Crippen molar-refractivity contribution in [1.82, 2.24) is 20.0 Å². The summed E-state index contributed by atoms with van der Waals surface area (Å²) in [5, 5.41) is 3.39. The molecule has 2 aliphatic heterocycles. The van der Waals surface area contributed by atoms with E-state index in [0.717, 1.165) is 45.3 Å². The first-order valence-corrected chi connectivity index (χ1v) is 13.1. The van der Waals surface area contributed by atoms with Crippen molar-refractivity contribution in [3.8, 4) is 0 Å². The molecule has 1 N–H and O–H groups in total. The first-order valence-electron chi connectivity index (χ1n) is 13.1. The Morgan fingerprint density at radius 3 is 2.19 bits per heavy atom. The largest absolute Gasteiger partial charge is 0.341 e. The van der Waals surface area contributed by atoms with Crippen LogP contribution in [0.3, 0.4) is 0 Å². The molecule has 0 aromatic carbocycles. The number of carbonyl (C=O) groups is 2. The molecule has 2 saturated heterocycles. The van der Waals surface area contributed by atoms with Gasteiger partial charge in [-0.25, -0.2) is 0 Å². The molecule has 32 heavy (non-hydrogen) atoms. The van der Waals surface area contributed by atoms with Gasteiger partial charge in [0.05, 0.1) is 6.04 Å². The highest BCUT2D eigenvalue weighted by Gasteiger charge is 2.43. The Balaban J connectivity index is 1.64. The zero-order chi connectivity index (χ0) is 23.5. The number of carbonyl (C=O) groups excluding carboxylic acids is 2. The van der Waals surface area contributed by atoms with E-state index in [4.69, 9.17) is 0 Å². The summed E-state index contributed by atoms with van der Waals surface area (Å²) in [5.41, 5.74) is 0.435. The molecule has 1 unspecified atom stereocenters. The molecular formula is C26H48N4O2. The van der Waals surface area contributed by atoms with Crippen LogP contribution in [0.1, 0.15) is 79.1 Å². The van der Waals surface area contributed by atoms with Crippen molar-refractivity contribution in [1.29, 1.82) is 0 Å². The van der Waals surface area contributed by atoms with Gasteiger partial charge in [0.25, 0.3) is 0 Å². The second-order valence-electron chi connectivity index (χ2n) is 11.8. The lowest BCUT2D eigenvalue weighted by Gasteiger charge is -2.48. The van der Waals surface area contributed by atoms with Gasteiger partial charge in [-0.05, 0) is 82.7 Å². The van der Waals surface area contributed by atoms with Crippen molar-refractivity contribution in [3.63, 3.8) is 0 Å². The van der Waals surface area contributed by atoms with Crippen LogP contribution in [-0.4, -0.2) is 84.9 Å². The van der Waals surface area contributed by atoms with Crippen LogP contribution >= 0.6 is 0 Å². The van der Waals surface area contributed by atoms with Gasteiger partial charge in [-0.3, -0.25) is 9.59 Å². The fraction of sp³-hybridized carbons (Fsp3) is 0.923. The van der Waals surface area contributed by atoms with Crippen molar-refractivity contribution in [3.05, 3.63) is 0 Å². The van der Waals surface area contributed by atoms with Crippen LogP contribution in [0.15, 0.2) is 0 Å². The Labute approximate surface area is 196 Å². The first-order chi connectivity index (χ1) is 15.1. The lowest BCUT2D eigenvalue weighted by molar-refractivity contribution is -0.151. The minimum absolute atomic E-state index is 0.124. The SMILES string of the molecule is CC(C)CC(C(=O)N1CCC2(CCC(N(C)C)CC2)CC1)N1CCN[C@@H](CC(C)C)C1=O. The number of rotatable bonds is 7. The second-order valence-corrected chi connectivity index (χ2v) is 11.8. The second kappa shape index (κ2) is 10.9. The van der Waals surface area contributed by atoms with Gasteiger partial charge in [0.2, 0.25) is 11.8 Å². The summed E-state index contributed by atoms with van der Waals surface area (Å²) in [7, 11) is 4.39. The molecule has 1 saturated carbocycles. The number of nitrogens with one attached hydrogen (secondary N) is 1. The van der Waals surface area contributed by atoms with Gasteiger partial charge in [0.15, 0.2) is 0 Å². The predicted octanol–water partition coefficient (Wildman–Crippen LogP) is 3.36. The monoisotopic (exact) mass is 448 g/mol. The zero-order valence-corrected chi connectivity index (χ0v) is 21.5. The molecule has 2 atom stereocenters. The molecule has 6 nitrogen and oxygen atoms in total. The van der Waals surface area contributed by atoms with E-state index in [-0.39, 0.29) is 23.9 Å². The van der Waals surface area contributed by atoms with Gasteiger partial charge in [-0.15, -0.1) is 0 Å². The summed E-state index contributed by atoms with van der Waals surface area (Å²) in [6, 6.07) is 0.258. The molecule has 3 aliphatic rings. The van der Waals surface area contributed by atoms with E-state index in [1.165, 1.54) is 25.7 Å². The third-order valence-electron chi connectivity index (χ3n) is 8.27. The van der Waals surface area contributed by atoms with Crippen LogP contribution in [0.4, 0.5) is 0 Å². The number of nitrogens with zero attached hydrogens (tertiary/aromatic N) is 3. The van der Waals surface area contributed by atoms with E-state index in [1.807, 2.05) is 4.90 Å². The number of hydrogen-bond acceptors (Lipinski definition) is 4. The molecule has 184 valence electrons. The molecule has 1 aliphatic carbocycles. The quantitative estimate of drug-likeness (QED) is 0.649. The maximum atomic E-state index is 13.7. The van der Waals surface area contributed by atoms with Crippen LogP contribution in [0, 0.1) is 17.3 Å². The van der Waals surface area contributed by atoms with Crippen LogP contribution in [0.2, 0.25) is 0 Å². The van der Waals surface area contributed by atoms with Crippen molar-refractivity contribution in [2.75, 3.05) is 40.3 Å². The normalized spacial score (nSPS) is 25.9. The lowest BCUT2D eigenvalue weighted by Crippen LogP contribution is -2.62. The highest BCUT2D eigenvalue weighted by atomic mass is 16.2. The van der Waals surface area contributed by atoms with Gasteiger partial charge in [0.1, 0.15) is 6.04 Å². The zero-order valence-electron chi connectivity index (χ0n) is 21.5. The average Bonchev–Trinajstić information content (AvgIpc) is 2.74. The highest BCUT2D eigenvalue weighted by Crippen LogP contribution is 2.45. The molecule has 3 fully saturated rings. The molecule has 0 radical (unpaired) electrons. The van der Waals surface area contributed by atoms with E-state index in [0.29, 0.717) is 29.8 Å². The smallest absolute Gasteiger partial charge is 0.245 e. The minimum atomic E-state index is -0.308. The summed E-state index contributed by atoms with van der Waals surface area (Å²) in [6.07, 6.45) is 8.98. The van der Waals surface area contributed by atoms with Crippen LogP contribution in [0.25, 0.3) is 0 Å². The van der Waals surface area contributed by atoms with E-state index in [9.17, 15) is 9.59 Å². The molecular weight excluding hydrogens is 400 g/mol. The number of hydrogen-bond donors (Lipinski definition) is 1. The molecule has 3 rings (SSSR count). The maximum absolute atomic E-state index is 13.7. The predicted molar refractivity (Wildman–Crippen MR) is 130 cm³/mol. The highest BCUT2D eigenvalue weighted by molar-refractivity contribution is 5.90. The summed E-state index contributed by atoms with van der Waals surface area (Å²) >= 11 is 0. The Bertz CT molecular complexity index is 630. The van der Waals surface area contributed by atoms with E-state index >= 15 is 0 Å². The number of amides is 2. The summed E-state index contributed by atoms with van der Waals surface area (Å²) < 4.78 is 0. The average molecular weight is 449 g/mol. The molecule has 0 bridgehead atoms. The topological polar surface area (TPSA) is 55.9 Å². The van der Waals surface area contributed by atoms with Gasteiger partial charge in [0, 0.05) is 32.2 Å². The third kappa shape index (κ3) is 6.05. The van der Waals surface area contributed by atoms with Crippen molar-refractivity contribution in [2.24, 2.45) is 17.3 Å². The lowest BCUT2D eigenvalue weighted by atomic mass is 9.66. The Hall–Kier alpha value is -1.14. The van der Waals surface area contributed by atoms with Crippen molar-refractivity contribution in [2.45, 2.75) is 97.2 Å². The van der Waals surface area contributed by atoms with Gasteiger partial charge < -0.3 is 20.0 Å². The maximum Gasteiger partial charge on any atom is 0.245 e. The molecule has 2 heterocycles. The first kappa shape index (κ1) is 25.5. The van der Waals surface area contributed by atoms with Crippen LogP contribution in [-0.2, 0) is 9.59 Å². The van der Waals surface area contributed by atoms with Gasteiger partial charge in [-0.2, -0.15) is 0 Å². The molecule has 0 aromatic heterocycles. The number of likely N-dealkylation sites (tertiary alicyclic amines) is 1. The van der Waals surface area contributed by atoms with E-state index in [1.54, 1.807) is 0 Å². The van der Waals surface area contributed by atoms with Gasteiger partial charge >= 0.3 is 0 Å². The summed E-state index contributed by atoms with van der Waals surface area (Å²) in [4.78, 5) is 33.4. The molecule has 0 aromatic rings. The summed E-state index contributed by atoms with van der Waals surface area (Å²) in [5.74, 6) is 1.15. The third-order valence-corrected chi connectivity index (χ3v) is 8.27.